The summed E-state index contributed by atoms with van der Waals surface area (Å²) in [6, 6.07) is 0.475. The predicted octanol–water partition coefficient (Wildman–Crippen LogP) is 3.67. The second-order valence-corrected chi connectivity index (χ2v) is 6.55. The van der Waals surface area contributed by atoms with E-state index in [1.807, 2.05) is 0 Å². The highest BCUT2D eigenvalue weighted by Crippen LogP contribution is 2.41. The molecule has 0 radical (unpaired) electrons. The fourth-order valence-electron chi connectivity index (χ4n) is 3.32. The Bertz CT molecular complexity index is 381. The molecule has 3 atom stereocenters. The van der Waals surface area contributed by atoms with Gasteiger partial charge in [-0.3, -0.25) is 4.90 Å². The fourth-order valence-corrected chi connectivity index (χ4v) is 4.46. The van der Waals surface area contributed by atoms with E-state index in [4.69, 9.17) is 11.6 Å². The van der Waals surface area contributed by atoms with Crippen LogP contribution < -0.4 is 0 Å². The Morgan fingerprint density at radius 3 is 2.76 bits per heavy atom. The molecule has 2 nitrogen and oxygen atoms in total. The third-order valence-corrected chi connectivity index (χ3v) is 5.70. The van der Waals surface area contributed by atoms with Gasteiger partial charge in [-0.2, -0.15) is 0 Å². The lowest BCUT2D eigenvalue weighted by Crippen LogP contribution is -2.25. The maximum atomic E-state index is 5.81. The van der Waals surface area contributed by atoms with Gasteiger partial charge in [0.05, 0.1) is 17.6 Å². The van der Waals surface area contributed by atoms with Crippen molar-refractivity contribution in [3.05, 3.63) is 16.1 Å². The molecular weight excluding hydrogens is 252 g/mol. The van der Waals surface area contributed by atoms with E-state index in [2.05, 4.69) is 22.2 Å². The van der Waals surface area contributed by atoms with Gasteiger partial charge in [-0.1, -0.05) is 6.42 Å². The minimum atomic E-state index is 0.475. The molecule has 3 unspecified atom stereocenters. The molecule has 0 bridgehead atoms. The molecule has 1 aromatic rings. The Hall–Kier alpha value is -0.120. The molecule has 2 heterocycles. The number of hydrogen-bond donors (Lipinski definition) is 0. The van der Waals surface area contributed by atoms with Gasteiger partial charge in [-0.15, -0.1) is 22.9 Å². The van der Waals surface area contributed by atoms with E-state index in [1.165, 1.54) is 37.4 Å². The zero-order valence-electron chi connectivity index (χ0n) is 10.2. The third-order valence-electron chi connectivity index (χ3n) is 4.37. The van der Waals surface area contributed by atoms with Crippen LogP contribution in [0.1, 0.15) is 42.9 Å². The monoisotopic (exact) mass is 270 g/mol. The van der Waals surface area contributed by atoms with Crippen LogP contribution in [0.4, 0.5) is 0 Å². The van der Waals surface area contributed by atoms with Crippen molar-refractivity contribution in [1.29, 1.82) is 0 Å². The fraction of sp³-hybridized carbons (Fsp3) is 0.769. The summed E-state index contributed by atoms with van der Waals surface area (Å²) in [5.74, 6) is 2.46. The SMILES string of the molecule is CC(c1nc(CCl)cs1)N1CC2CCCC2C1. The highest BCUT2D eigenvalue weighted by molar-refractivity contribution is 7.09. The van der Waals surface area contributed by atoms with Crippen LogP contribution in [0.3, 0.4) is 0 Å². The molecule has 2 fully saturated rings. The minimum absolute atomic E-state index is 0.475. The minimum Gasteiger partial charge on any atom is -0.294 e. The quantitative estimate of drug-likeness (QED) is 0.779. The zero-order chi connectivity index (χ0) is 11.8. The number of hydrogen-bond acceptors (Lipinski definition) is 3. The van der Waals surface area contributed by atoms with Crippen LogP contribution >= 0.6 is 22.9 Å². The number of rotatable bonds is 3. The first-order valence-corrected chi connectivity index (χ1v) is 7.93. The highest BCUT2D eigenvalue weighted by Gasteiger charge is 2.38. The molecule has 94 valence electrons. The lowest BCUT2D eigenvalue weighted by Gasteiger charge is -2.23. The number of aromatic nitrogens is 1. The number of likely N-dealkylation sites (tertiary alicyclic amines) is 1. The summed E-state index contributed by atoms with van der Waals surface area (Å²) in [5.41, 5.74) is 1.03. The Balaban J connectivity index is 1.68. The molecule has 4 heteroatoms. The van der Waals surface area contributed by atoms with Crippen LogP contribution in [0.5, 0.6) is 0 Å². The predicted molar refractivity (Wildman–Crippen MR) is 72.5 cm³/mol. The van der Waals surface area contributed by atoms with Gasteiger partial charge in [0.2, 0.25) is 0 Å². The first kappa shape index (κ1) is 11.9. The second-order valence-electron chi connectivity index (χ2n) is 5.39. The van der Waals surface area contributed by atoms with Gasteiger partial charge in [-0.05, 0) is 31.6 Å². The van der Waals surface area contributed by atoms with E-state index in [0.29, 0.717) is 11.9 Å². The molecule has 0 spiro atoms. The third kappa shape index (κ3) is 2.25. The average molecular weight is 271 g/mol. The summed E-state index contributed by atoms with van der Waals surface area (Å²) in [5, 5.41) is 3.33. The molecule has 1 saturated carbocycles. The van der Waals surface area contributed by atoms with Crippen LogP contribution in [0.25, 0.3) is 0 Å². The van der Waals surface area contributed by atoms with Crippen LogP contribution in [-0.2, 0) is 5.88 Å². The first-order valence-electron chi connectivity index (χ1n) is 6.52. The summed E-state index contributed by atoms with van der Waals surface area (Å²) >= 11 is 7.57. The highest BCUT2D eigenvalue weighted by atomic mass is 35.5. The average Bonchev–Trinajstić information content (AvgIpc) is 3.02. The summed E-state index contributed by atoms with van der Waals surface area (Å²) in [7, 11) is 0. The van der Waals surface area contributed by atoms with Gasteiger partial charge >= 0.3 is 0 Å². The molecule has 0 amide bonds. The topological polar surface area (TPSA) is 16.1 Å². The summed E-state index contributed by atoms with van der Waals surface area (Å²) in [4.78, 5) is 7.23. The molecule has 0 N–H and O–H groups in total. The number of thiazole rings is 1. The molecular formula is C13H19ClN2S. The zero-order valence-corrected chi connectivity index (χ0v) is 11.8. The van der Waals surface area contributed by atoms with E-state index in [1.54, 1.807) is 11.3 Å². The number of alkyl halides is 1. The largest absolute Gasteiger partial charge is 0.294 e. The molecule has 1 aliphatic heterocycles. The van der Waals surface area contributed by atoms with Gasteiger partial charge in [0.25, 0.3) is 0 Å². The Kier molecular flexibility index (Phi) is 3.42. The van der Waals surface area contributed by atoms with Gasteiger partial charge in [0.1, 0.15) is 5.01 Å². The van der Waals surface area contributed by atoms with E-state index < -0.39 is 0 Å². The standard InChI is InChI=1S/C13H19ClN2S/c1-9(13-15-12(5-14)8-17-13)16-6-10-3-2-4-11(10)7-16/h8-11H,2-7H2,1H3. The molecule has 1 aliphatic carbocycles. The summed E-state index contributed by atoms with van der Waals surface area (Å²) < 4.78 is 0. The maximum Gasteiger partial charge on any atom is 0.110 e. The number of halogens is 1. The van der Waals surface area contributed by atoms with E-state index in [0.717, 1.165) is 17.5 Å². The van der Waals surface area contributed by atoms with Crippen molar-refractivity contribution >= 4 is 22.9 Å². The first-order chi connectivity index (χ1) is 8.28. The van der Waals surface area contributed by atoms with E-state index >= 15 is 0 Å². The van der Waals surface area contributed by atoms with Crippen molar-refractivity contribution in [1.82, 2.24) is 9.88 Å². The number of fused-ring (bicyclic) bond motifs is 1. The van der Waals surface area contributed by atoms with Gasteiger partial charge in [-0.25, -0.2) is 4.98 Å². The lowest BCUT2D eigenvalue weighted by atomic mass is 10.0. The Morgan fingerprint density at radius 2 is 2.18 bits per heavy atom. The van der Waals surface area contributed by atoms with Crippen molar-refractivity contribution in [2.75, 3.05) is 13.1 Å². The lowest BCUT2D eigenvalue weighted by molar-refractivity contribution is 0.241. The number of nitrogens with zero attached hydrogens (tertiary/aromatic N) is 2. The van der Waals surface area contributed by atoms with E-state index in [-0.39, 0.29) is 0 Å². The van der Waals surface area contributed by atoms with Crippen LogP contribution in [-0.4, -0.2) is 23.0 Å². The van der Waals surface area contributed by atoms with Crippen molar-refractivity contribution in [2.24, 2.45) is 11.8 Å². The normalized spacial score (nSPS) is 30.7. The van der Waals surface area contributed by atoms with Gasteiger partial charge in [0.15, 0.2) is 0 Å². The Labute approximate surface area is 112 Å². The van der Waals surface area contributed by atoms with Crippen LogP contribution in [0.2, 0.25) is 0 Å². The maximum absolute atomic E-state index is 5.81. The van der Waals surface area contributed by atoms with E-state index in [9.17, 15) is 0 Å². The summed E-state index contributed by atoms with van der Waals surface area (Å²) in [6.45, 7) is 4.85. The Morgan fingerprint density at radius 1 is 1.47 bits per heavy atom. The second kappa shape index (κ2) is 4.87. The smallest absolute Gasteiger partial charge is 0.110 e. The van der Waals surface area contributed by atoms with Gasteiger partial charge in [0, 0.05) is 18.5 Å². The van der Waals surface area contributed by atoms with Crippen molar-refractivity contribution < 1.29 is 0 Å². The molecule has 1 saturated heterocycles. The van der Waals surface area contributed by atoms with Crippen molar-refractivity contribution in [3.8, 4) is 0 Å². The molecule has 1 aromatic heterocycles. The molecule has 17 heavy (non-hydrogen) atoms. The van der Waals surface area contributed by atoms with Gasteiger partial charge < -0.3 is 0 Å². The summed E-state index contributed by atoms with van der Waals surface area (Å²) in [6.07, 6.45) is 4.34. The van der Waals surface area contributed by atoms with Crippen molar-refractivity contribution in [2.45, 2.75) is 38.1 Å². The molecule has 3 rings (SSSR count). The van der Waals surface area contributed by atoms with Crippen LogP contribution in [0.15, 0.2) is 5.38 Å². The van der Waals surface area contributed by atoms with Crippen LogP contribution in [0, 0.1) is 11.8 Å². The molecule has 0 aromatic carbocycles. The molecule has 2 aliphatic rings. The van der Waals surface area contributed by atoms with Crippen molar-refractivity contribution in [3.63, 3.8) is 0 Å².